The summed E-state index contributed by atoms with van der Waals surface area (Å²) in [6.07, 6.45) is 1.26. The van der Waals surface area contributed by atoms with E-state index < -0.39 is 0 Å². The third-order valence-corrected chi connectivity index (χ3v) is 5.84. The van der Waals surface area contributed by atoms with Gasteiger partial charge in [0, 0.05) is 18.4 Å². The summed E-state index contributed by atoms with van der Waals surface area (Å²) >= 11 is 0. The number of hydrogen-bond acceptors (Lipinski definition) is 4. The van der Waals surface area contributed by atoms with Gasteiger partial charge in [0.1, 0.15) is 24.7 Å². The van der Waals surface area contributed by atoms with Crippen LogP contribution in [0.2, 0.25) is 0 Å². The van der Waals surface area contributed by atoms with E-state index in [-0.39, 0.29) is 6.10 Å². The minimum absolute atomic E-state index is 0.153. The van der Waals surface area contributed by atoms with Gasteiger partial charge in [0.25, 0.3) is 0 Å². The number of hydrogen-bond donors (Lipinski definition) is 0. The van der Waals surface area contributed by atoms with Crippen molar-refractivity contribution in [2.24, 2.45) is 5.16 Å². The molecule has 4 nitrogen and oxygen atoms in total. The van der Waals surface area contributed by atoms with Crippen molar-refractivity contribution in [3.8, 4) is 11.5 Å². The van der Waals surface area contributed by atoms with E-state index in [2.05, 4.69) is 41.6 Å². The van der Waals surface area contributed by atoms with Gasteiger partial charge in [-0.2, -0.15) is 0 Å². The Kier molecular flexibility index (Phi) is 6.86. The average molecular weight is 450 g/mol. The highest BCUT2D eigenvalue weighted by molar-refractivity contribution is 5.88. The van der Waals surface area contributed by atoms with Gasteiger partial charge in [0.05, 0.1) is 5.71 Å². The first-order chi connectivity index (χ1) is 16.8. The third-order valence-electron chi connectivity index (χ3n) is 5.84. The van der Waals surface area contributed by atoms with Crippen LogP contribution in [0.4, 0.5) is 0 Å². The summed E-state index contributed by atoms with van der Waals surface area (Å²) in [7, 11) is 0. The second-order valence-corrected chi connectivity index (χ2v) is 8.33. The Morgan fingerprint density at radius 1 is 0.647 bits per heavy atom. The number of oxime groups is 1. The Hall–Kier alpha value is -4.05. The van der Waals surface area contributed by atoms with Gasteiger partial charge in [-0.3, -0.25) is 0 Å². The Labute approximate surface area is 200 Å². The van der Waals surface area contributed by atoms with E-state index in [1.807, 2.05) is 72.8 Å². The van der Waals surface area contributed by atoms with Gasteiger partial charge in [0.15, 0.2) is 6.10 Å². The highest BCUT2D eigenvalue weighted by Gasteiger charge is 2.26. The average Bonchev–Trinajstić information content (AvgIpc) is 3.37. The molecule has 0 amide bonds. The lowest BCUT2D eigenvalue weighted by molar-refractivity contribution is 0.0827. The molecule has 1 unspecified atom stereocenters. The molecule has 0 N–H and O–H groups in total. The quantitative estimate of drug-likeness (QED) is 0.279. The zero-order valence-electron chi connectivity index (χ0n) is 19.0. The topological polar surface area (TPSA) is 40.0 Å². The smallest absolute Gasteiger partial charge is 0.161 e. The van der Waals surface area contributed by atoms with E-state index in [0.29, 0.717) is 19.6 Å². The summed E-state index contributed by atoms with van der Waals surface area (Å²) in [4.78, 5) is 5.85. The van der Waals surface area contributed by atoms with Gasteiger partial charge in [-0.05, 0) is 28.8 Å². The molecule has 170 valence electrons. The van der Waals surface area contributed by atoms with Crippen LogP contribution >= 0.6 is 0 Å². The molecule has 1 heterocycles. The molecule has 4 aromatic carbocycles. The van der Waals surface area contributed by atoms with E-state index in [1.165, 1.54) is 0 Å². The van der Waals surface area contributed by atoms with Gasteiger partial charge in [-0.15, -0.1) is 0 Å². The zero-order valence-corrected chi connectivity index (χ0v) is 19.0. The Bertz CT molecular complexity index is 1240. The van der Waals surface area contributed by atoms with E-state index >= 15 is 0 Å². The maximum Gasteiger partial charge on any atom is 0.161 e. The SMILES string of the molecule is c1ccc(COc2ccccc2CC2=NOC(c3ccccc3OCc3ccccc3)C2)cc1. The monoisotopic (exact) mass is 449 g/mol. The summed E-state index contributed by atoms with van der Waals surface area (Å²) in [6, 6.07) is 36.6. The van der Waals surface area contributed by atoms with Crippen LogP contribution in [-0.2, 0) is 24.5 Å². The summed E-state index contributed by atoms with van der Waals surface area (Å²) < 4.78 is 12.3. The maximum atomic E-state index is 6.13. The molecule has 0 aliphatic carbocycles. The highest BCUT2D eigenvalue weighted by Crippen LogP contribution is 2.35. The standard InChI is InChI=1S/C30H27NO3/c1-3-11-23(12-4-1)21-32-28-17-9-7-15-25(28)19-26-20-30(34-31-26)27-16-8-10-18-29(27)33-22-24-13-5-2-6-14-24/h1-18,30H,19-22H2. The minimum Gasteiger partial charge on any atom is -0.489 e. The molecule has 4 aromatic rings. The van der Waals surface area contributed by atoms with Crippen molar-refractivity contribution in [2.75, 3.05) is 0 Å². The summed E-state index contributed by atoms with van der Waals surface area (Å²) in [6.45, 7) is 1.06. The van der Waals surface area contributed by atoms with Gasteiger partial charge < -0.3 is 14.3 Å². The second-order valence-electron chi connectivity index (χ2n) is 8.33. The van der Waals surface area contributed by atoms with Crippen LogP contribution in [0.1, 0.15) is 34.8 Å². The van der Waals surface area contributed by atoms with Gasteiger partial charge >= 0.3 is 0 Å². The summed E-state index contributed by atoms with van der Waals surface area (Å²) in [5.74, 6) is 1.71. The van der Waals surface area contributed by atoms with Crippen molar-refractivity contribution in [1.29, 1.82) is 0 Å². The molecular weight excluding hydrogens is 422 g/mol. The molecule has 1 aliphatic heterocycles. The lowest BCUT2D eigenvalue weighted by atomic mass is 9.99. The van der Waals surface area contributed by atoms with Crippen molar-refractivity contribution >= 4 is 5.71 Å². The van der Waals surface area contributed by atoms with Crippen molar-refractivity contribution in [3.05, 3.63) is 131 Å². The first-order valence-electron chi connectivity index (χ1n) is 11.6. The molecule has 5 rings (SSSR count). The fourth-order valence-electron chi connectivity index (χ4n) is 4.06. The van der Waals surface area contributed by atoms with Gasteiger partial charge in [-0.25, -0.2) is 0 Å². The fourth-order valence-corrected chi connectivity index (χ4v) is 4.06. The predicted octanol–water partition coefficient (Wildman–Crippen LogP) is 6.90. The second kappa shape index (κ2) is 10.7. The molecule has 34 heavy (non-hydrogen) atoms. The number of nitrogens with zero attached hydrogens (tertiary/aromatic N) is 1. The number of benzene rings is 4. The Morgan fingerprint density at radius 2 is 1.21 bits per heavy atom. The lowest BCUT2D eigenvalue weighted by Crippen LogP contribution is -2.07. The van der Waals surface area contributed by atoms with E-state index in [9.17, 15) is 0 Å². The fraction of sp³-hybridized carbons (Fsp3) is 0.167. The van der Waals surface area contributed by atoms with E-state index in [1.54, 1.807) is 0 Å². The molecule has 0 radical (unpaired) electrons. The molecular formula is C30H27NO3. The van der Waals surface area contributed by atoms with Crippen LogP contribution in [0.5, 0.6) is 11.5 Å². The van der Waals surface area contributed by atoms with Crippen molar-refractivity contribution in [1.82, 2.24) is 0 Å². The molecule has 0 saturated heterocycles. The summed E-state index contributed by atoms with van der Waals surface area (Å²) in [5, 5.41) is 4.41. The molecule has 0 spiro atoms. The predicted molar refractivity (Wildman–Crippen MR) is 134 cm³/mol. The minimum atomic E-state index is -0.153. The van der Waals surface area contributed by atoms with E-state index in [4.69, 9.17) is 14.3 Å². The Morgan fingerprint density at radius 3 is 1.91 bits per heavy atom. The van der Waals surface area contributed by atoms with Crippen LogP contribution in [0.3, 0.4) is 0 Å². The third kappa shape index (κ3) is 5.46. The van der Waals surface area contributed by atoms with Crippen LogP contribution in [0.25, 0.3) is 0 Å². The van der Waals surface area contributed by atoms with Gasteiger partial charge in [-0.1, -0.05) is 102 Å². The zero-order chi connectivity index (χ0) is 23.0. The van der Waals surface area contributed by atoms with Crippen LogP contribution < -0.4 is 9.47 Å². The number of ether oxygens (including phenoxy) is 2. The molecule has 0 saturated carbocycles. The number of rotatable bonds is 9. The number of para-hydroxylation sites is 2. The highest BCUT2D eigenvalue weighted by atomic mass is 16.6. The Balaban J connectivity index is 1.22. The van der Waals surface area contributed by atoms with Crippen LogP contribution in [0, 0.1) is 0 Å². The maximum absolute atomic E-state index is 6.13. The van der Waals surface area contributed by atoms with Gasteiger partial charge in [0.2, 0.25) is 0 Å². The molecule has 0 fully saturated rings. The van der Waals surface area contributed by atoms with Crippen LogP contribution in [0.15, 0.2) is 114 Å². The molecule has 0 aromatic heterocycles. The van der Waals surface area contributed by atoms with Crippen molar-refractivity contribution in [3.63, 3.8) is 0 Å². The van der Waals surface area contributed by atoms with E-state index in [0.717, 1.165) is 45.9 Å². The molecule has 0 bridgehead atoms. The molecule has 4 heteroatoms. The van der Waals surface area contributed by atoms with Crippen LogP contribution in [-0.4, -0.2) is 5.71 Å². The first kappa shape index (κ1) is 21.8. The molecule has 1 atom stereocenters. The first-order valence-corrected chi connectivity index (χ1v) is 11.6. The largest absolute Gasteiger partial charge is 0.489 e. The van der Waals surface area contributed by atoms with Crippen molar-refractivity contribution < 1.29 is 14.3 Å². The normalized spacial score (nSPS) is 14.8. The van der Waals surface area contributed by atoms with Crippen molar-refractivity contribution in [2.45, 2.75) is 32.2 Å². The summed E-state index contributed by atoms with van der Waals surface area (Å²) in [5.41, 5.74) is 5.40. The lowest BCUT2D eigenvalue weighted by Gasteiger charge is -2.15. The molecule has 1 aliphatic rings.